The van der Waals surface area contributed by atoms with Crippen molar-refractivity contribution >= 4 is 5.91 Å². The second kappa shape index (κ2) is 5.67. The van der Waals surface area contributed by atoms with Crippen molar-refractivity contribution in [3.8, 4) is 0 Å². The maximum atomic E-state index is 12.0. The van der Waals surface area contributed by atoms with Gasteiger partial charge in [0.2, 0.25) is 5.91 Å². The molecule has 2 rings (SSSR count). The highest BCUT2D eigenvalue weighted by Crippen LogP contribution is 2.24. The van der Waals surface area contributed by atoms with E-state index in [-0.39, 0.29) is 11.8 Å². The monoisotopic (exact) mass is 225 g/mol. The number of ether oxygens (including phenoxy) is 1. The number of carbonyl (C=O) groups excluding carboxylic acids is 1. The van der Waals surface area contributed by atoms with Gasteiger partial charge in [-0.1, -0.05) is 19.8 Å². The molecular formula is C13H23NO2. The van der Waals surface area contributed by atoms with Crippen LogP contribution in [-0.2, 0) is 9.53 Å². The van der Waals surface area contributed by atoms with Gasteiger partial charge in [0.15, 0.2) is 0 Å². The topological polar surface area (TPSA) is 38.3 Å². The van der Waals surface area contributed by atoms with Crippen LogP contribution < -0.4 is 5.32 Å². The zero-order chi connectivity index (χ0) is 11.4. The summed E-state index contributed by atoms with van der Waals surface area (Å²) in [6.07, 6.45) is 6.81. The molecule has 1 N–H and O–H groups in total. The van der Waals surface area contributed by atoms with Crippen LogP contribution in [0.1, 0.15) is 45.4 Å². The number of amides is 1. The minimum Gasteiger partial charge on any atom is -0.381 e. The van der Waals surface area contributed by atoms with Crippen LogP contribution in [0.15, 0.2) is 0 Å². The fourth-order valence-electron chi connectivity index (χ4n) is 2.79. The lowest BCUT2D eigenvalue weighted by Crippen LogP contribution is -2.44. The summed E-state index contributed by atoms with van der Waals surface area (Å²) in [6, 6.07) is 0.420. The summed E-state index contributed by atoms with van der Waals surface area (Å²) in [5, 5.41) is 3.24. The molecule has 2 aliphatic rings. The molecule has 0 aromatic rings. The number of rotatable bonds is 2. The van der Waals surface area contributed by atoms with E-state index in [0.29, 0.717) is 12.0 Å². The Labute approximate surface area is 97.9 Å². The van der Waals surface area contributed by atoms with Crippen molar-refractivity contribution in [2.45, 2.75) is 51.5 Å². The lowest BCUT2D eigenvalue weighted by Gasteiger charge is -2.31. The molecule has 1 heterocycles. The number of hydrogen-bond donors (Lipinski definition) is 1. The SMILES string of the molecule is C[C@@H]1CCCC[C@H]1NC(=O)C1CCOCC1. The number of hydrogen-bond acceptors (Lipinski definition) is 2. The van der Waals surface area contributed by atoms with Crippen molar-refractivity contribution in [1.82, 2.24) is 5.32 Å². The first-order valence-corrected chi connectivity index (χ1v) is 6.65. The summed E-state index contributed by atoms with van der Waals surface area (Å²) in [5.41, 5.74) is 0. The van der Waals surface area contributed by atoms with Crippen LogP contribution in [0.3, 0.4) is 0 Å². The molecule has 1 amide bonds. The predicted molar refractivity (Wildman–Crippen MR) is 63.1 cm³/mol. The van der Waals surface area contributed by atoms with Gasteiger partial charge < -0.3 is 10.1 Å². The molecule has 0 spiro atoms. The van der Waals surface area contributed by atoms with E-state index < -0.39 is 0 Å². The zero-order valence-electron chi connectivity index (χ0n) is 10.2. The largest absolute Gasteiger partial charge is 0.381 e. The van der Waals surface area contributed by atoms with Gasteiger partial charge in [-0.3, -0.25) is 4.79 Å². The van der Waals surface area contributed by atoms with Crippen LogP contribution in [0.5, 0.6) is 0 Å². The van der Waals surface area contributed by atoms with Crippen LogP contribution in [0.25, 0.3) is 0 Å². The third-order valence-electron chi connectivity index (χ3n) is 4.03. The Morgan fingerprint density at radius 2 is 1.81 bits per heavy atom. The van der Waals surface area contributed by atoms with Crippen molar-refractivity contribution in [1.29, 1.82) is 0 Å². The van der Waals surface area contributed by atoms with E-state index in [1.54, 1.807) is 0 Å². The molecule has 1 saturated carbocycles. The van der Waals surface area contributed by atoms with Crippen LogP contribution in [0, 0.1) is 11.8 Å². The molecule has 2 atom stereocenters. The van der Waals surface area contributed by atoms with Crippen LogP contribution in [0.2, 0.25) is 0 Å². The van der Waals surface area contributed by atoms with Gasteiger partial charge in [-0.05, 0) is 31.6 Å². The van der Waals surface area contributed by atoms with Crippen LogP contribution in [-0.4, -0.2) is 25.2 Å². The first-order chi connectivity index (χ1) is 7.77. The van der Waals surface area contributed by atoms with Gasteiger partial charge in [-0.15, -0.1) is 0 Å². The molecule has 2 fully saturated rings. The van der Waals surface area contributed by atoms with Gasteiger partial charge in [-0.2, -0.15) is 0 Å². The minimum atomic E-state index is 0.197. The van der Waals surface area contributed by atoms with E-state index in [2.05, 4.69) is 12.2 Å². The predicted octanol–water partition coefficient (Wildman–Crippen LogP) is 2.11. The number of nitrogens with one attached hydrogen (secondary N) is 1. The maximum Gasteiger partial charge on any atom is 0.223 e. The molecule has 92 valence electrons. The molecule has 1 aliphatic carbocycles. The van der Waals surface area contributed by atoms with E-state index in [1.165, 1.54) is 19.3 Å². The molecule has 1 saturated heterocycles. The molecule has 3 heteroatoms. The van der Waals surface area contributed by atoms with E-state index in [4.69, 9.17) is 4.74 Å². The summed E-state index contributed by atoms with van der Waals surface area (Å²) in [6.45, 7) is 3.75. The summed E-state index contributed by atoms with van der Waals surface area (Å²) < 4.78 is 5.28. The molecule has 0 unspecified atom stereocenters. The minimum absolute atomic E-state index is 0.197. The average molecular weight is 225 g/mol. The van der Waals surface area contributed by atoms with Gasteiger partial charge in [0.1, 0.15) is 0 Å². The Morgan fingerprint density at radius 1 is 1.12 bits per heavy atom. The Balaban J connectivity index is 1.80. The summed E-state index contributed by atoms with van der Waals surface area (Å²) in [4.78, 5) is 12.0. The highest BCUT2D eigenvalue weighted by atomic mass is 16.5. The van der Waals surface area contributed by atoms with Crippen molar-refractivity contribution in [3.05, 3.63) is 0 Å². The molecule has 16 heavy (non-hydrogen) atoms. The quantitative estimate of drug-likeness (QED) is 0.781. The van der Waals surface area contributed by atoms with E-state index in [1.807, 2.05) is 0 Å². The molecule has 0 aromatic carbocycles. The normalized spacial score (nSPS) is 32.3. The highest BCUT2D eigenvalue weighted by Gasteiger charge is 2.27. The second-order valence-electron chi connectivity index (χ2n) is 5.26. The summed E-state index contributed by atoms with van der Waals surface area (Å²) in [7, 11) is 0. The Morgan fingerprint density at radius 3 is 2.50 bits per heavy atom. The van der Waals surface area contributed by atoms with Crippen molar-refractivity contribution in [2.75, 3.05) is 13.2 Å². The van der Waals surface area contributed by atoms with Gasteiger partial charge in [-0.25, -0.2) is 0 Å². The Bertz CT molecular complexity index is 236. The maximum absolute atomic E-state index is 12.0. The van der Waals surface area contributed by atoms with Crippen LogP contribution in [0.4, 0.5) is 0 Å². The zero-order valence-corrected chi connectivity index (χ0v) is 10.2. The molecule has 0 aromatic heterocycles. The second-order valence-corrected chi connectivity index (χ2v) is 5.26. The van der Waals surface area contributed by atoms with Gasteiger partial charge >= 0.3 is 0 Å². The van der Waals surface area contributed by atoms with Gasteiger partial charge in [0.05, 0.1) is 0 Å². The standard InChI is InChI=1S/C13H23NO2/c1-10-4-2-3-5-12(10)14-13(15)11-6-8-16-9-7-11/h10-12H,2-9H2,1H3,(H,14,15)/t10-,12-/m1/s1. The third kappa shape index (κ3) is 2.97. The Kier molecular flexibility index (Phi) is 4.22. The van der Waals surface area contributed by atoms with E-state index in [0.717, 1.165) is 32.5 Å². The molecular weight excluding hydrogens is 202 g/mol. The Hall–Kier alpha value is -0.570. The molecule has 1 aliphatic heterocycles. The molecule has 0 radical (unpaired) electrons. The molecule has 3 nitrogen and oxygen atoms in total. The highest BCUT2D eigenvalue weighted by molar-refractivity contribution is 5.79. The summed E-state index contributed by atoms with van der Waals surface area (Å²) in [5.74, 6) is 1.11. The fraction of sp³-hybridized carbons (Fsp3) is 0.923. The van der Waals surface area contributed by atoms with Gasteiger partial charge in [0, 0.05) is 25.2 Å². The smallest absolute Gasteiger partial charge is 0.223 e. The average Bonchev–Trinajstić information content (AvgIpc) is 2.33. The fourth-order valence-corrected chi connectivity index (χ4v) is 2.79. The lowest BCUT2D eigenvalue weighted by molar-refractivity contribution is -0.129. The molecule has 0 bridgehead atoms. The lowest BCUT2D eigenvalue weighted by atomic mass is 9.85. The third-order valence-corrected chi connectivity index (χ3v) is 4.03. The van der Waals surface area contributed by atoms with Crippen molar-refractivity contribution in [2.24, 2.45) is 11.8 Å². The van der Waals surface area contributed by atoms with Crippen molar-refractivity contribution < 1.29 is 9.53 Å². The number of carbonyl (C=O) groups is 1. The van der Waals surface area contributed by atoms with E-state index >= 15 is 0 Å². The van der Waals surface area contributed by atoms with Gasteiger partial charge in [0.25, 0.3) is 0 Å². The van der Waals surface area contributed by atoms with Crippen molar-refractivity contribution in [3.63, 3.8) is 0 Å². The first kappa shape index (κ1) is 11.9. The first-order valence-electron chi connectivity index (χ1n) is 6.65. The van der Waals surface area contributed by atoms with Crippen LogP contribution >= 0.6 is 0 Å². The summed E-state index contributed by atoms with van der Waals surface area (Å²) >= 11 is 0. The van der Waals surface area contributed by atoms with E-state index in [9.17, 15) is 4.79 Å².